The molecule has 7 heteroatoms. The molecule has 0 spiro atoms. The molecular formula is C15H17F3N2O2. The van der Waals surface area contributed by atoms with Crippen LogP contribution in [0, 0.1) is 0 Å². The quantitative estimate of drug-likeness (QED) is 0.787. The van der Waals surface area contributed by atoms with Gasteiger partial charge in [-0.25, -0.2) is 4.98 Å². The molecule has 0 aliphatic carbocycles. The number of alkyl halides is 3. The Labute approximate surface area is 126 Å². The van der Waals surface area contributed by atoms with Gasteiger partial charge in [-0.1, -0.05) is 0 Å². The summed E-state index contributed by atoms with van der Waals surface area (Å²) in [5.74, 6) is 0.285. The normalized spacial score (nSPS) is 27.8. The van der Waals surface area contributed by atoms with Crippen LogP contribution in [0.4, 0.5) is 19.0 Å². The standard InChI is InChI=1S/C15H17F3N2O2/c1-9(21)22-13-6-11-3-4-12(7-13)20(11)14-5-2-10(8-19-14)15(16,17)18/h2,5,8,11-13H,3-4,6-7H2,1H3/t11-,12+,13?. The van der Waals surface area contributed by atoms with Crippen LogP contribution in [-0.4, -0.2) is 29.1 Å². The lowest BCUT2D eigenvalue weighted by molar-refractivity contribution is -0.147. The summed E-state index contributed by atoms with van der Waals surface area (Å²) >= 11 is 0. The molecule has 0 amide bonds. The maximum Gasteiger partial charge on any atom is 0.417 e. The summed E-state index contributed by atoms with van der Waals surface area (Å²) in [4.78, 5) is 17.2. The molecule has 3 heterocycles. The molecule has 0 aromatic carbocycles. The van der Waals surface area contributed by atoms with E-state index >= 15 is 0 Å². The zero-order chi connectivity index (χ0) is 15.9. The number of rotatable bonds is 2. The molecule has 2 saturated heterocycles. The van der Waals surface area contributed by atoms with E-state index in [1.807, 2.05) is 0 Å². The Balaban J connectivity index is 1.75. The van der Waals surface area contributed by atoms with E-state index in [1.165, 1.54) is 13.0 Å². The van der Waals surface area contributed by atoms with Crippen molar-refractivity contribution in [2.75, 3.05) is 4.90 Å². The van der Waals surface area contributed by atoms with Crippen LogP contribution in [0.2, 0.25) is 0 Å². The summed E-state index contributed by atoms with van der Waals surface area (Å²) < 4.78 is 43.1. The maximum absolute atomic E-state index is 12.6. The number of esters is 1. The Morgan fingerprint density at radius 2 is 1.91 bits per heavy atom. The van der Waals surface area contributed by atoms with Gasteiger partial charge in [0.05, 0.1) is 5.56 Å². The monoisotopic (exact) mass is 314 g/mol. The van der Waals surface area contributed by atoms with E-state index in [2.05, 4.69) is 9.88 Å². The molecule has 3 atom stereocenters. The van der Waals surface area contributed by atoms with Crippen molar-refractivity contribution < 1.29 is 22.7 Å². The zero-order valence-corrected chi connectivity index (χ0v) is 12.1. The number of piperidine rings is 1. The second-order valence-corrected chi connectivity index (χ2v) is 5.90. The lowest BCUT2D eigenvalue weighted by Crippen LogP contribution is -2.46. The first-order chi connectivity index (χ1) is 10.3. The number of carbonyl (C=O) groups excluding carboxylic acids is 1. The fourth-order valence-electron chi connectivity index (χ4n) is 3.54. The van der Waals surface area contributed by atoms with E-state index in [0.717, 1.165) is 25.1 Å². The average molecular weight is 314 g/mol. The molecule has 4 nitrogen and oxygen atoms in total. The summed E-state index contributed by atoms with van der Waals surface area (Å²) in [6.45, 7) is 1.39. The van der Waals surface area contributed by atoms with E-state index < -0.39 is 11.7 Å². The Morgan fingerprint density at radius 1 is 1.27 bits per heavy atom. The Morgan fingerprint density at radius 3 is 2.36 bits per heavy atom. The van der Waals surface area contributed by atoms with Crippen LogP contribution in [-0.2, 0) is 15.7 Å². The predicted molar refractivity (Wildman–Crippen MR) is 73.3 cm³/mol. The first-order valence-corrected chi connectivity index (χ1v) is 7.33. The first kappa shape index (κ1) is 15.1. The molecule has 1 unspecified atom stereocenters. The zero-order valence-electron chi connectivity index (χ0n) is 12.1. The second kappa shape index (κ2) is 5.44. The van der Waals surface area contributed by atoms with Crippen molar-refractivity contribution in [1.82, 2.24) is 4.98 Å². The number of pyridine rings is 1. The Bertz CT molecular complexity index is 545. The molecule has 1 aromatic rings. The molecule has 0 saturated carbocycles. The molecular weight excluding hydrogens is 297 g/mol. The van der Waals surface area contributed by atoms with Gasteiger partial charge in [0.1, 0.15) is 11.9 Å². The molecule has 3 rings (SSSR count). The number of fused-ring (bicyclic) bond motifs is 2. The molecule has 120 valence electrons. The van der Waals surface area contributed by atoms with E-state index in [0.29, 0.717) is 18.7 Å². The summed E-state index contributed by atoms with van der Waals surface area (Å²) in [5.41, 5.74) is -0.738. The summed E-state index contributed by atoms with van der Waals surface area (Å²) in [6, 6.07) is 2.85. The van der Waals surface area contributed by atoms with Crippen LogP contribution in [0.3, 0.4) is 0 Å². The number of halogens is 3. The van der Waals surface area contributed by atoms with Gasteiger partial charge in [-0.2, -0.15) is 13.2 Å². The van der Waals surface area contributed by atoms with Crippen molar-refractivity contribution >= 4 is 11.8 Å². The number of hydrogen-bond acceptors (Lipinski definition) is 4. The fourth-order valence-corrected chi connectivity index (χ4v) is 3.54. The molecule has 2 aliphatic heterocycles. The van der Waals surface area contributed by atoms with Crippen molar-refractivity contribution in [3.8, 4) is 0 Å². The fraction of sp³-hybridized carbons (Fsp3) is 0.600. The smallest absolute Gasteiger partial charge is 0.417 e. The van der Waals surface area contributed by atoms with Crippen LogP contribution >= 0.6 is 0 Å². The van der Waals surface area contributed by atoms with Crippen LogP contribution in [0.1, 0.15) is 38.2 Å². The topological polar surface area (TPSA) is 42.4 Å². The number of hydrogen-bond donors (Lipinski definition) is 0. The third-order valence-electron chi connectivity index (χ3n) is 4.36. The minimum Gasteiger partial charge on any atom is -0.462 e. The average Bonchev–Trinajstić information content (AvgIpc) is 2.69. The largest absolute Gasteiger partial charge is 0.462 e. The molecule has 0 radical (unpaired) electrons. The van der Waals surface area contributed by atoms with Crippen LogP contribution in [0.25, 0.3) is 0 Å². The number of carbonyl (C=O) groups is 1. The second-order valence-electron chi connectivity index (χ2n) is 5.90. The number of anilines is 1. The summed E-state index contributed by atoms with van der Waals surface area (Å²) in [5, 5.41) is 0. The maximum atomic E-state index is 12.6. The molecule has 1 aromatic heterocycles. The molecule has 2 bridgehead atoms. The van der Waals surface area contributed by atoms with Crippen molar-refractivity contribution in [3.63, 3.8) is 0 Å². The van der Waals surface area contributed by atoms with E-state index in [-0.39, 0.29) is 24.2 Å². The van der Waals surface area contributed by atoms with Gasteiger partial charge in [-0.05, 0) is 25.0 Å². The van der Waals surface area contributed by atoms with Crippen LogP contribution in [0.15, 0.2) is 18.3 Å². The number of aromatic nitrogens is 1. The highest BCUT2D eigenvalue weighted by Gasteiger charge is 2.42. The van der Waals surface area contributed by atoms with Gasteiger partial charge in [0.2, 0.25) is 0 Å². The Kier molecular flexibility index (Phi) is 3.74. The van der Waals surface area contributed by atoms with E-state index in [4.69, 9.17) is 4.74 Å². The molecule has 2 aliphatic rings. The van der Waals surface area contributed by atoms with E-state index in [1.54, 1.807) is 0 Å². The third kappa shape index (κ3) is 2.89. The lowest BCUT2D eigenvalue weighted by atomic mass is 9.99. The van der Waals surface area contributed by atoms with Crippen LogP contribution in [0.5, 0.6) is 0 Å². The highest BCUT2D eigenvalue weighted by Crippen LogP contribution is 2.40. The minimum atomic E-state index is -4.37. The lowest BCUT2D eigenvalue weighted by Gasteiger charge is -2.39. The summed E-state index contributed by atoms with van der Waals surface area (Å²) in [6.07, 6.45) is -0.270. The van der Waals surface area contributed by atoms with Gasteiger partial charge < -0.3 is 9.64 Å². The van der Waals surface area contributed by atoms with Crippen molar-refractivity contribution in [2.45, 2.75) is 57.0 Å². The third-order valence-corrected chi connectivity index (χ3v) is 4.36. The van der Waals surface area contributed by atoms with Crippen LogP contribution < -0.4 is 4.90 Å². The number of ether oxygens (including phenoxy) is 1. The SMILES string of the molecule is CC(=O)OC1C[C@H]2CC[C@@H](C1)N2c1ccc(C(F)(F)F)cn1. The van der Waals surface area contributed by atoms with Gasteiger partial charge in [0.15, 0.2) is 0 Å². The van der Waals surface area contributed by atoms with Gasteiger partial charge in [-0.15, -0.1) is 0 Å². The Hall–Kier alpha value is -1.79. The predicted octanol–water partition coefficient (Wildman–Crippen LogP) is 3.16. The minimum absolute atomic E-state index is 0.0966. The molecule has 0 N–H and O–H groups in total. The molecule has 22 heavy (non-hydrogen) atoms. The van der Waals surface area contributed by atoms with Gasteiger partial charge in [0.25, 0.3) is 0 Å². The van der Waals surface area contributed by atoms with Gasteiger partial charge in [-0.3, -0.25) is 4.79 Å². The van der Waals surface area contributed by atoms with E-state index in [9.17, 15) is 18.0 Å². The number of nitrogens with zero attached hydrogens (tertiary/aromatic N) is 2. The summed E-state index contributed by atoms with van der Waals surface area (Å²) in [7, 11) is 0. The highest BCUT2D eigenvalue weighted by atomic mass is 19.4. The van der Waals surface area contributed by atoms with Crippen molar-refractivity contribution in [1.29, 1.82) is 0 Å². The first-order valence-electron chi connectivity index (χ1n) is 7.33. The molecule has 2 fully saturated rings. The van der Waals surface area contributed by atoms with Crippen molar-refractivity contribution in [2.24, 2.45) is 0 Å². The van der Waals surface area contributed by atoms with Gasteiger partial charge >= 0.3 is 12.1 Å². The van der Waals surface area contributed by atoms with Crippen molar-refractivity contribution in [3.05, 3.63) is 23.9 Å². The highest BCUT2D eigenvalue weighted by molar-refractivity contribution is 5.66. The van der Waals surface area contributed by atoms with Gasteiger partial charge in [0, 0.05) is 38.0 Å².